The number of nitrogens with one attached hydrogen (secondary N) is 2. The van der Waals surface area contributed by atoms with E-state index in [1.807, 2.05) is 0 Å². The van der Waals surface area contributed by atoms with Crippen molar-refractivity contribution in [1.29, 1.82) is 0 Å². The van der Waals surface area contributed by atoms with Crippen LogP contribution in [0.5, 0.6) is 5.75 Å². The second-order valence-corrected chi connectivity index (χ2v) is 5.16. The lowest BCUT2D eigenvalue weighted by Gasteiger charge is -2.11. The lowest BCUT2D eigenvalue weighted by molar-refractivity contribution is -0.385. The number of amides is 1. The van der Waals surface area contributed by atoms with Gasteiger partial charge in [-0.1, -0.05) is 11.6 Å². The first-order valence-corrected chi connectivity index (χ1v) is 7.01. The van der Waals surface area contributed by atoms with Crippen molar-refractivity contribution in [2.45, 2.75) is 18.9 Å². The molecule has 1 aromatic rings. The molecule has 1 fully saturated rings. The summed E-state index contributed by atoms with van der Waals surface area (Å²) in [5.41, 5.74) is -0.206. The Kier molecular flexibility index (Phi) is 5.35. The minimum atomic E-state index is -0.564. The van der Waals surface area contributed by atoms with Crippen LogP contribution in [0.3, 0.4) is 0 Å². The van der Waals surface area contributed by atoms with Gasteiger partial charge >= 0.3 is 5.69 Å². The molecule has 0 aromatic heterocycles. The van der Waals surface area contributed by atoms with Gasteiger partial charge in [0, 0.05) is 23.7 Å². The zero-order valence-electron chi connectivity index (χ0n) is 11.3. The van der Waals surface area contributed by atoms with Crippen molar-refractivity contribution in [1.82, 2.24) is 10.6 Å². The van der Waals surface area contributed by atoms with Crippen LogP contribution in [-0.4, -0.2) is 36.6 Å². The number of hydrogen-bond acceptors (Lipinski definition) is 5. The Labute approximate surface area is 126 Å². The van der Waals surface area contributed by atoms with Crippen molar-refractivity contribution in [3.8, 4) is 5.75 Å². The van der Waals surface area contributed by atoms with Crippen molar-refractivity contribution in [3.05, 3.63) is 33.3 Å². The van der Waals surface area contributed by atoms with E-state index in [2.05, 4.69) is 10.6 Å². The summed E-state index contributed by atoms with van der Waals surface area (Å²) in [4.78, 5) is 22.0. The predicted octanol–water partition coefficient (Wildman–Crippen LogP) is 1.50. The van der Waals surface area contributed by atoms with E-state index in [0.29, 0.717) is 0 Å². The number of nitro benzene ring substituents is 1. The summed E-state index contributed by atoms with van der Waals surface area (Å²) in [6.45, 7) is 1.75. The van der Waals surface area contributed by atoms with Crippen LogP contribution in [-0.2, 0) is 4.79 Å². The van der Waals surface area contributed by atoms with Gasteiger partial charge in [0.05, 0.1) is 18.0 Å². The largest absolute Gasteiger partial charge is 0.486 e. The van der Waals surface area contributed by atoms with Crippen LogP contribution in [0, 0.1) is 10.1 Å². The van der Waals surface area contributed by atoms with E-state index in [4.69, 9.17) is 16.3 Å². The topological polar surface area (TPSA) is 93.5 Å². The van der Waals surface area contributed by atoms with E-state index >= 15 is 0 Å². The van der Waals surface area contributed by atoms with Gasteiger partial charge in [-0.3, -0.25) is 14.9 Å². The van der Waals surface area contributed by atoms with Crippen LogP contribution < -0.4 is 15.4 Å². The molecule has 1 unspecified atom stereocenters. The van der Waals surface area contributed by atoms with Gasteiger partial charge in [0.15, 0.2) is 5.75 Å². The normalized spacial score (nSPS) is 17.5. The van der Waals surface area contributed by atoms with Gasteiger partial charge in [-0.05, 0) is 25.1 Å². The number of hydrogen-bond donors (Lipinski definition) is 2. The molecule has 0 bridgehead atoms. The molecule has 2 N–H and O–H groups in total. The number of halogens is 1. The van der Waals surface area contributed by atoms with Crippen molar-refractivity contribution >= 4 is 23.2 Å². The van der Waals surface area contributed by atoms with E-state index in [-0.39, 0.29) is 41.4 Å². The van der Waals surface area contributed by atoms with Gasteiger partial charge in [0.2, 0.25) is 5.91 Å². The Morgan fingerprint density at radius 3 is 3.05 bits per heavy atom. The predicted molar refractivity (Wildman–Crippen MR) is 77.6 cm³/mol. The van der Waals surface area contributed by atoms with Gasteiger partial charge < -0.3 is 15.4 Å². The minimum Gasteiger partial charge on any atom is -0.486 e. The molecule has 1 amide bonds. The molecule has 1 aromatic carbocycles. The number of nitro groups is 1. The number of carbonyl (C=O) groups is 1. The van der Waals surface area contributed by atoms with Crippen molar-refractivity contribution in [2.75, 3.05) is 19.7 Å². The van der Waals surface area contributed by atoms with Crippen LogP contribution >= 0.6 is 11.6 Å². The average Bonchev–Trinajstić information content (AvgIpc) is 2.93. The smallest absolute Gasteiger partial charge is 0.312 e. The first kappa shape index (κ1) is 15.5. The Morgan fingerprint density at radius 2 is 2.38 bits per heavy atom. The highest BCUT2D eigenvalue weighted by atomic mass is 35.5. The number of nitrogens with zero attached hydrogens (tertiary/aromatic N) is 1. The van der Waals surface area contributed by atoms with Crippen LogP contribution in [0.4, 0.5) is 5.69 Å². The molecule has 7 nitrogen and oxygen atoms in total. The monoisotopic (exact) mass is 313 g/mol. The molecule has 0 radical (unpaired) electrons. The SMILES string of the molecule is O=C(CCOc1ccc(Cl)cc1[N+](=O)[O-])NC1CCNC1. The molecule has 0 aliphatic carbocycles. The molecule has 114 valence electrons. The molecule has 1 saturated heterocycles. The highest BCUT2D eigenvalue weighted by molar-refractivity contribution is 6.30. The van der Waals surface area contributed by atoms with Crippen molar-refractivity contribution < 1.29 is 14.5 Å². The van der Waals surface area contributed by atoms with Gasteiger partial charge in [0.1, 0.15) is 0 Å². The van der Waals surface area contributed by atoms with Gasteiger partial charge in [0.25, 0.3) is 0 Å². The summed E-state index contributed by atoms with van der Waals surface area (Å²) in [5.74, 6) is -0.0138. The summed E-state index contributed by atoms with van der Waals surface area (Å²) in [7, 11) is 0. The zero-order valence-corrected chi connectivity index (χ0v) is 12.1. The van der Waals surface area contributed by atoms with Gasteiger partial charge in [-0.25, -0.2) is 0 Å². The highest BCUT2D eigenvalue weighted by Crippen LogP contribution is 2.29. The number of carbonyl (C=O) groups excluding carboxylic acids is 1. The third-order valence-electron chi connectivity index (χ3n) is 3.13. The Balaban J connectivity index is 1.82. The molecule has 2 rings (SSSR count). The first-order chi connectivity index (χ1) is 10.1. The van der Waals surface area contributed by atoms with Gasteiger partial charge in [-0.2, -0.15) is 0 Å². The standard InChI is InChI=1S/C13H16ClN3O4/c14-9-1-2-12(11(7-9)17(19)20)21-6-4-13(18)16-10-3-5-15-8-10/h1-2,7,10,15H,3-6,8H2,(H,16,18). The molecule has 8 heteroatoms. The third kappa shape index (κ3) is 4.57. The van der Waals surface area contributed by atoms with Crippen LogP contribution in [0.1, 0.15) is 12.8 Å². The summed E-state index contributed by atoms with van der Waals surface area (Å²) in [6.07, 6.45) is 1.06. The van der Waals surface area contributed by atoms with E-state index in [1.54, 1.807) is 0 Å². The third-order valence-corrected chi connectivity index (χ3v) is 3.36. The van der Waals surface area contributed by atoms with Gasteiger partial charge in [-0.15, -0.1) is 0 Å². The molecule has 1 aliphatic heterocycles. The quantitative estimate of drug-likeness (QED) is 0.613. The Bertz CT molecular complexity index is 532. The lowest BCUT2D eigenvalue weighted by Crippen LogP contribution is -2.36. The zero-order chi connectivity index (χ0) is 15.2. The first-order valence-electron chi connectivity index (χ1n) is 6.63. The summed E-state index contributed by atoms with van der Waals surface area (Å²) < 4.78 is 5.31. The molecule has 1 heterocycles. The molecule has 0 saturated carbocycles. The molecule has 1 aliphatic rings. The van der Waals surface area contributed by atoms with Crippen molar-refractivity contribution in [2.24, 2.45) is 0 Å². The van der Waals surface area contributed by atoms with Crippen molar-refractivity contribution in [3.63, 3.8) is 0 Å². The Hall–Kier alpha value is -1.86. The van der Waals surface area contributed by atoms with Crippen LogP contribution in [0.15, 0.2) is 18.2 Å². The second kappa shape index (κ2) is 7.24. The summed E-state index contributed by atoms with van der Waals surface area (Å²) in [5, 5.41) is 17.2. The number of ether oxygens (including phenoxy) is 1. The summed E-state index contributed by atoms with van der Waals surface area (Å²) >= 11 is 5.71. The molecular weight excluding hydrogens is 298 g/mol. The Morgan fingerprint density at radius 1 is 1.57 bits per heavy atom. The van der Waals surface area contributed by atoms with E-state index in [0.717, 1.165) is 19.5 Å². The number of benzene rings is 1. The van der Waals surface area contributed by atoms with E-state index < -0.39 is 4.92 Å². The fourth-order valence-corrected chi connectivity index (χ4v) is 2.25. The fraction of sp³-hybridized carbons (Fsp3) is 0.462. The number of rotatable bonds is 6. The molecule has 21 heavy (non-hydrogen) atoms. The highest BCUT2D eigenvalue weighted by Gasteiger charge is 2.18. The molecule has 0 spiro atoms. The molecular formula is C13H16ClN3O4. The minimum absolute atomic E-state index is 0.0778. The maximum atomic E-state index is 11.7. The van der Waals surface area contributed by atoms with E-state index in [1.165, 1.54) is 18.2 Å². The lowest BCUT2D eigenvalue weighted by atomic mass is 10.2. The molecule has 1 atom stereocenters. The second-order valence-electron chi connectivity index (χ2n) is 4.72. The average molecular weight is 314 g/mol. The fourth-order valence-electron chi connectivity index (χ4n) is 2.09. The van der Waals surface area contributed by atoms with E-state index in [9.17, 15) is 14.9 Å². The summed E-state index contributed by atoms with van der Waals surface area (Å²) in [6, 6.07) is 4.32. The maximum Gasteiger partial charge on any atom is 0.312 e. The van der Waals surface area contributed by atoms with Crippen LogP contribution in [0.25, 0.3) is 0 Å². The van der Waals surface area contributed by atoms with Crippen LogP contribution in [0.2, 0.25) is 5.02 Å². The maximum absolute atomic E-state index is 11.7.